The third-order valence-electron chi connectivity index (χ3n) is 3.78. The Bertz CT molecular complexity index is 800. The number of hydrogen-bond acceptors (Lipinski definition) is 4. The van der Waals surface area contributed by atoms with Crippen LogP contribution in [0, 0.1) is 12.3 Å². The van der Waals surface area contributed by atoms with Crippen LogP contribution in [0.15, 0.2) is 58.1 Å². The Hall–Kier alpha value is -2.37. The van der Waals surface area contributed by atoms with Gasteiger partial charge in [0.05, 0.1) is 24.2 Å². The number of ether oxygens (including phenoxy) is 1. The van der Waals surface area contributed by atoms with Crippen molar-refractivity contribution in [2.45, 2.75) is 18.4 Å². The summed E-state index contributed by atoms with van der Waals surface area (Å²) in [5.74, 6) is 2.11. The number of amidine groups is 1. The summed E-state index contributed by atoms with van der Waals surface area (Å²) in [7, 11) is 0. The summed E-state index contributed by atoms with van der Waals surface area (Å²) in [5.41, 5.74) is -2.01. The highest BCUT2D eigenvalue weighted by Crippen LogP contribution is 2.46. The monoisotopic (exact) mass is 380 g/mol. The number of thioether (sulfide) groups is 1. The molecular weight excluding hydrogens is 365 g/mol. The Morgan fingerprint density at radius 3 is 2.65 bits per heavy atom. The number of benzene rings is 1. The first-order valence-electron chi connectivity index (χ1n) is 7.67. The van der Waals surface area contributed by atoms with Crippen molar-refractivity contribution in [3.05, 3.63) is 54.5 Å². The normalized spacial score (nSPS) is 21.9. The number of furan rings is 1. The van der Waals surface area contributed by atoms with Gasteiger partial charge in [-0.2, -0.15) is 13.2 Å². The zero-order chi connectivity index (χ0) is 18.6. The van der Waals surface area contributed by atoms with E-state index in [1.807, 2.05) is 6.07 Å². The Morgan fingerprint density at radius 2 is 2.04 bits per heavy atom. The second-order valence-corrected chi connectivity index (χ2v) is 6.40. The fraction of sp³-hybridized carbons (Fsp3) is 0.278. The molecule has 1 aromatic carbocycles. The summed E-state index contributed by atoms with van der Waals surface area (Å²) in [5, 5.41) is 0.196. The van der Waals surface area contributed by atoms with Crippen LogP contribution in [0.25, 0.3) is 0 Å². The number of para-hydroxylation sites is 1. The van der Waals surface area contributed by atoms with Gasteiger partial charge < -0.3 is 14.1 Å². The maximum absolute atomic E-state index is 14.0. The second kappa shape index (κ2) is 7.48. The van der Waals surface area contributed by atoms with Gasteiger partial charge >= 0.3 is 6.18 Å². The molecule has 0 spiro atoms. The lowest BCUT2D eigenvalue weighted by Crippen LogP contribution is -2.59. The maximum atomic E-state index is 14.0. The molecule has 1 atom stereocenters. The number of nitrogens with zero attached hydrogens (tertiary/aromatic N) is 2. The third-order valence-corrected chi connectivity index (χ3v) is 4.88. The number of terminal acetylenes is 1. The molecule has 0 radical (unpaired) electrons. The highest BCUT2D eigenvalue weighted by atomic mass is 32.2. The van der Waals surface area contributed by atoms with Gasteiger partial charge in [0.2, 0.25) is 0 Å². The van der Waals surface area contributed by atoms with Crippen LogP contribution in [0.4, 0.5) is 18.9 Å². The Morgan fingerprint density at radius 1 is 1.27 bits per heavy atom. The van der Waals surface area contributed by atoms with E-state index in [4.69, 9.17) is 15.6 Å². The molecular formula is C18H15F3N2O2S. The van der Waals surface area contributed by atoms with Crippen molar-refractivity contribution in [3.63, 3.8) is 0 Å². The van der Waals surface area contributed by atoms with Gasteiger partial charge in [-0.05, 0) is 24.3 Å². The van der Waals surface area contributed by atoms with Crippen molar-refractivity contribution in [3.8, 4) is 12.3 Å². The number of aliphatic imine (C=N–C) groups is 1. The van der Waals surface area contributed by atoms with Crippen LogP contribution in [-0.2, 0) is 11.3 Å². The molecule has 2 heterocycles. The van der Waals surface area contributed by atoms with Gasteiger partial charge in [0.15, 0.2) is 5.17 Å². The maximum Gasteiger partial charge on any atom is 0.437 e. The van der Waals surface area contributed by atoms with E-state index in [9.17, 15) is 13.2 Å². The van der Waals surface area contributed by atoms with Crippen molar-refractivity contribution < 1.29 is 22.3 Å². The lowest BCUT2D eigenvalue weighted by molar-refractivity contribution is -0.305. The van der Waals surface area contributed by atoms with Crippen LogP contribution in [-0.4, -0.2) is 34.3 Å². The predicted octanol–water partition coefficient (Wildman–Crippen LogP) is 4.42. The lowest BCUT2D eigenvalue weighted by Gasteiger charge is -2.38. The van der Waals surface area contributed by atoms with Crippen molar-refractivity contribution in [1.29, 1.82) is 0 Å². The molecule has 1 aliphatic rings. The average Bonchev–Trinajstić information content (AvgIpc) is 3.24. The topological polar surface area (TPSA) is 38.0 Å². The average molecular weight is 380 g/mol. The predicted molar refractivity (Wildman–Crippen MR) is 93.8 cm³/mol. The molecule has 0 bridgehead atoms. The van der Waals surface area contributed by atoms with Crippen molar-refractivity contribution in [2.24, 2.45) is 4.99 Å². The summed E-state index contributed by atoms with van der Waals surface area (Å²) in [4.78, 5) is 5.44. The van der Waals surface area contributed by atoms with Crippen LogP contribution in [0.1, 0.15) is 5.76 Å². The molecule has 1 unspecified atom stereocenters. The molecule has 26 heavy (non-hydrogen) atoms. The Balaban J connectivity index is 2.03. The summed E-state index contributed by atoms with van der Waals surface area (Å²) in [6, 6.07) is 12.0. The molecule has 0 aliphatic carbocycles. The minimum absolute atomic E-state index is 0.143. The van der Waals surface area contributed by atoms with Gasteiger partial charge in [-0.15, -0.1) is 6.42 Å². The van der Waals surface area contributed by atoms with E-state index in [-0.39, 0.29) is 17.5 Å². The van der Waals surface area contributed by atoms with Gasteiger partial charge in [-0.3, -0.25) is 0 Å². The first-order valence-corrected chi connectivity index (χ1v) is 8.65. The van der Waals surface area contributed by atoms with Gasteiger partial charge in [-0.25, -0.2) is 4.99 Å². The molecule has 4 nitrogen and oxygen atoms in total. The first kappa shape index (κ1) is 18.4. The van der Waals surface area contributed by atoms with E-state index in [2.05, 4.69) is 10.9 Å². The molecule has 8 heteroatoms. The van der Waals surface area contributed by atoms with Crippen LogP contribution in [0.3, 0.4) is 0 Å². The van der Waals surface area contributed by atoms with Crippen LogP contribution >= 0.6 is 11.8 Å². The van der Waals surface area contributed by atoms with E-state index in [1.165, 1.54) is 6.26 Å². The van der Waals surface area contributed by atoms with E-state index in [0.29, 0.717) is 11.4 Å². The Labute approximate surface area is 153 Å². The largest absolute Gasteiger partial charge is 0.467 e. The third kappa shape index (κ3) is 3.59. The molecule has 0 saturated carbocycles. The van der Waals surface area contributed by atoms with Crippen LogP contribution in [0.2, 0.25) is 0 Å². The second-order valence-electron chi connectivity index (χ2n) is 5.46. The molecule has 1 aliphatic heterocycles. The zero-order valence-corrected chi connectivity index (χ0v) is 14.4. The molecule has 2 aromatic rings. The molecule has 1 aromatic heterocycles. The molecule has 3 rings (SSSR count). The SMILES string of the molecule is C#CCOC1(C(F)(F)F)CSC(=Nc2ccccc2)N1Cc1ccco1. The number of hydrogen-bond donors (Lipinski definition) is 0. The van der Waals surface area contributed by atoms with E-state index in [1.54, 1.807) is 36.4 Å². The summed E-state index contributed by atoms with van der Waals surface area (Å²) < 4.78 is 52.4. The van der Waals surface area contributed by atoms with Gasteiger partial charge in [-0.1, -0.05) is 35.9 Å². The molecule has 0 N–H and O–H groups in total. The standard InChI is InChI=1S/C18H15F3N2O2S/c1-2-10-25-17(18(19,20)21)13-26-16(22-14-7-4-3-5-8-14)23(17)12-15-9-6-11-24-15/h1,3-9,11H,10,12-13H2. The van der Waals surface area contributed by atoms with E-state index < -0.39 is 18.5 Å². The summed E-state index contributed by atoms with van der Waals surface area (Å²) in [6.45, 7) is -0.608. The lowest BCUT2D eigenvalue weighted by atomic mass is 10.2. The fourth-order valence-corrected chi connectivity index (χ4v) is 3.79. The van der Waals surface area contributed by atoms with E-state index >= 15 is 0 Å². The quantitative estimate of drug-likeness (QED) is 0.720. The highest BCUT2D eigenvalue weighted by Gasteiger charge is 2.64. The summed E-state index contributed by atoms with van der Waals surface area (Å²) in [6.07, 6.45) is 1.87. The van der Waals surface area contributed by atoms with Gasteiger partial charge in [0.25, 0.3) is 5.72 Å². The van der Waals surface area contributed by atoms with E-state index in [0.717, 1.165) is 16.7 Å². The zero-order valence-electron chi connectivity index (χ0n) is 13.6. The molecule has 136 valence electrons. The summed E-state index contributed by atoms with van der Waals surface area (Å²) >= 11 is 0.972. The first-order chi connectivity index (χ1) is 12.5. The number of halogens is 3. The molecule has 0 amide bonds. The molecule has 1 fully saturated rings. The van der Waals surface area contributed by atoms with Crippen molar-refractivity contribution in [2.75, 3.05) is 12.4 Å². The smallest absolute Gasteiger partial charge is 0.437 e. The minimum atomic E-state index is -4.67. The minimum Gasteiger partial charge on any atom is -0.467 e. The van der Waals surface area contributed by atoms with Gasteiger partial charge in [0, 0.05) is 0 Å². The van der Waals surface area contributed by atoms with Crippen LogP contribution in [0.5, 0.6) is 0 Å². The number of alkyl halides is 3. The van der Waals surface area contributed by atoms with Gasteiger partial charge in [0.1, 0.15) is 12.4 Å². The van der Waals surface area contributed by atoms with Crippen molar-refractivity contribution >= 4 is 22.6 Å². The number of rotatable bonds is 5. The van der Waals surface area contributed by atoms with Crippen molar-refractivity contribution in [1.82, 2.24) is 4.90 Å². The molecule has 1 saturated heterocycles. The fourth-order valence-electron chi connectivity index (χ4n) is 2.53. The highest BCUT2D eigenvalue weighted by molar-refractivity contribution is 8.14. The van der Waals surface area contributed by atoms with Crippen LogP contribution < -0.4 is 0 Å². The Kier molecular flexibility index (Phi) is 5.30.